The molecule has 0 atom stereocenters. The minimum atomic E-state index is -0.472. The first-order chi connectivity index (χ1) is 25.6. The second-order valence-corrected chi connectivity index (χ2v) is 12.7. The monoisotopic (exact) mass is 702 g/mol. The van der Waals surface area contributed by atoms with Gasteiger partial charge in [-0.05, 0) is 121 Å². The highest BCUT2D eigenvalue weighted by Gasteiger charge is 2.15. The fraction of sp³-hybridized carbons (Fsp3) is 0.0909. The number of hydrogen-bond donors (Lipinski definition) is 5. The summed E-state index contributed by atoms with van der Waals surface area (Å²) >= 11 is 0. The molecule has 0 saturated carbocycles. The van der Waals surface area contributed by atoms with Gasteiger partial charge in [-0.25, -0.2) is 0 Å². The third kappa shape index (κ3) is 9.62. The topological polar surface area (TPSA) is 137 Å². The molecule has 0 unspecified atom stereocenters. The van der Waals surface area contributed by atoms with Gasteiger partial charge < -0.3 is 26.4 Å². The van der Waals surface area contributed by atoms with Gasteiger partial charge in [0.15, 0.2) is 5.78 Å². The van der Waals surface area contributed by atoms with Crippen molar-refractivity contribution in [3.8, 4) is 5.75 Å². The van der Waals surface area contributed by atoms with Crippen LogP contribution in [-0.2, 0) is 12.8 Å². The SMILES string of the molecule is CNc1ccc(Cc2ccc(NC(=O)c3cc(O)cc(C(=O)Nc4ccc(Cc5ccc(NC(=O)c6cccc(C(C)=O)c6)cc5)cc4)c3)cc2)cc1. The van der Waals surface area contributed by atoms with Crippen molar-refractivity contribution in [2.75, 3.05) is 28.3 Å². The number of Topliss-reactive ketones (excluding diaryl/α,β-unsaturated/α-hetero) is 1. The molecule has 53 heavy (non-hydrogen) atoms. The van der Waals surface area contributed by atoms with Crippen LogP contribution >= 0.6 is 0 Å². The number of carbonyl (C=O) groups excluding carboxylic acids is 4. The summed E-state index contributed by atoms with van der Waals surface area (Å²) in [5.74, 6) is -1.53. The average molecular weight is 703 g/mol. The average Bonchev–Trinajstić information content (AvgIpc) is 3.17. The van der Waals surface area contributed by atoms with Crippen molar-refractivity contribution in [3.05, 3.63) is 184 Å². The predicted molar refractivity (Wildman–Crippen MR) is 209 cm³/mol. The molecule has 0 fully saturated rings. The Bertz CT molecular complexity index is 2260. The number of phenols is 1. The molecule has 264 valence electrons. The van der Waals surface area contributed by atoms with E-state index < -0.39 is 11.8 Å². The van der Waals surface area contributed by atoms with E-state index in [0.29, 0.717) is 34.6 Å². The molecule has 0 saturated heterocycles. The number of hydrogen-bond acceptors (Lipinski definition) is 6. The van der Waals surface area contributed by atoms with E-state index in [1.807, 2.05) is 79.8 Å². The summed E-state index contributed by atoms with van der Waals surface area (Å²) in [5, 5.41) is 22.0. The Morgan fingerprint density at radius 1 is 0.453 bits per heavy atom. The first-order valence-corrected chi connectivity index (χ1v) is 17.0. The molecule has 9 nitrogen and oxygen atoms in total. The van der Waals surface area contributed by atoms with Crippen LogP contribution in [0.3, 0.4) is 0 Å². The Labute approximate surface area is 307 Å². The first kappa shape index (κ1) is 35.8. The van der Waals surface area contributed by atoms with E-state index in [1.165, 1.54) is 30.7 Å². The van der Waals surface area contributed by atoms with Crippen LogP contribution in [0.15, 0.2) is 140 Å². The minimum Gasteiger partial charge on any atom is -0.508 e. The standard InChI is InChI=1S/C44H38N4O5/c1-28(49)33-4-3-5-34(24-33)42(51)46-38-16-8-31(9-17-38)23-32-12-20-40(21-13-32)48-44(53)36-25-35(26-41(50)27-36)43(52)47-39-18-10-30(11-19-39)22-29-6-14-37(45-2)15-7-29/h3-21,24-27,45,50H,22-23H2,1-2H3,(H,46,51)(H,47,52)(H,48,53). The quantitative estimate of drug-likeness (QED) is 0.0811. The number of carbonyl (C=O) groups is 4. The number of amides is 3. The summed E-state index contributed by atoms with van der Waals surface area (Å²) < 4.78 is 0. The van der Waals surface area contributed by atoms with Crippen LogP contribution in [0, 0.1) is 0 Å². The molecule has 0 aliphatic carbocycles. The van der Waals surface area contributed by atoms with Crippen LogP contribution in [0.2, 0.25) is 0 Å². The summed E-state index contributed by atoms with van der Waals surface area (Å²) in [7, 11) is 1.88. The molecule has 5 N–H and O–H groups in total. The van der Waals surface area contributed by atoms with E-state index in [1.54, 1.807) is 36.4 Å². The lowest BCUT2D eigenvalue weighted by Crippen LogP contribution is -2.15. The van der Waals surface area contributed by atoms with Crippen LogP contribution in [0.25, 0.3) is 0 Å². The molecular formula is C44H38N4O5. The molecule has 0 aliphatic heterocycles. The van der Waals surface area contributed by atoms with E-state index in [9.17, 15) is 24.3 Å². The fourth-order valence-electron chi connectivity index (χ4n) is 5.74. The van der Waals surface area contributed by atoms with Crippen molar-refractivity contribution in [3.63, 3.8) is 0 Å². The maximum absolute atomic E-state index is 13.1. The van der Waals surface area contributed by atoms with Gasteiger partial charge in [0.05, 0.1) is 0 Å². The van der Waals surface area contributed by atoms with Crippen molar-refractivity contribution in [1.29, 1.82) is 0 Å². The van der Waals surface area contributed by atoms with Crippen molar-refractivity contribution >= 4 is 46.3 Å². The van der Waals surface area contributed by atoms with E-state index >= 15 is 0 Å². The lowest BCUT2D eigenvalue weighted by Gasteiger charge is -2.11. The van der Waals surface area contributed by atoms with Gasteiger partial charge in [-0.2, -0.15) is 0 Å². The molecule has 9 heteroatoms. The van der Waals surface area contributed by atoms with Crippen LogP contribution in [-0.4, -0.2) is 35.7 Å². The second kappa shape index (κ2) is 16.3. The van der Waals surface area contributed by atoms with Crippen LogP contribution < -0.4 is 21.3 Å². The van der Waals surface area contributed by atoms with E-state index in [0.717, 1.165) is 28.8 Å². The summed E-state index contributed by atoms with van der Waals surface area (Å²) in [5.41, 5.74) is 8.29. The maximum atomic E-state index is 13.1. The number of ketones is 1. The number of anilines is 4. The van der Waals surface area contributed by atoms with Crippen molar-refractivity contribution in [2.24, 2.45) is 0 Å². The zero-order valence-corrected chi connectivity index (χ0v) is 29.3. The second-order valence-electron chi connectivity index (χ2n) is 12.7. The number of nitrogens with one attached hydrogen (secondary N) is 4. The minimum absolute atomic E-state index is 0.104. The van der Waals surface area contributed by atoms with Crippen LogP contribution in [0.4, 0.5) is 22.7 Å². The first-order valence-electron chi connectivity index (χ1n) is 17.0. The van der Waals surface area contributed by atoms with Crippen molar-refractivity contribution < 1.29 is 24.3 Å². The smallest absolute Gasteiger partial charge is 0.255 e. The Morgan fingerprint density at radius 2 is 0.792 bits per heavy atom. The number of phenolic OH excluding ortho intramolecular Hbond substituents is 1. The van der Waals surface area contributed by atoms with Gasteiger partial charge in [-0.15, -0.1) is 0 Å². The molecule has 0 bridgehead atoms. The number of benzene rings is 6. The molecule has 0 spiro atoms. The van der Waals surface area contributed by atoms with Gasteiger partial charge in [0, 0.05) is 52.1 Å². The van der Waals surface area contributed by atoms with Gasteiger partial charge in [0.25, 0.3) is 17.7 Å². The maximum Gasteiger partial charge on any atom is 0.255 e. The third-order valence-electron chi connectivity index (χ3n) is 8.67. The summed E-state index contributed by atoms with van der Waals surface area (Å²) in [6, 6.07) is 41.3. The number of aromatic hydroxyl groups is 1. The summed E-state index contributed by atoms with van der Waals surface area (Å²) in [6.45, 7) is 1.46. The normalized spacial score (nSPS) is 10.6. The van der Waals surface area contributed by atoms with Crippen molar-refractivity contribution in [1.82, 2.24) is 0 Å². The lowest BCUT2D eigenvalue weighted by atomic mass is 10.0. The third-order valence-corrected chi connectivity index (χ3v) is 8.67. The lowest BCUT2D eigenvalue weighted by molar-refractivity contribution is 0.100. The van der Waals surface area contributed by atoms with Gasteiger partial charge in [0.2, 0.25) is 0 Å². The number of rotatable bonds is 12. The summed E-state index contributed by atoms with van der Waals surface area (Å²) in [4.78, 5) is 50.6. The summed E-state index contributed by atoms with van der Waals surface area (Å²) in [6.07, 6.45) is 1.38. The fourth-order valence-corrected chi connectivity index (χ4v) is 5.74. The Kier molecular flexibility index (Phi) is 11.0. The molecule has 0 heterocycles. The Morgan fingerprint density at radius 3 is 1.17 bits per heavy atom. The highest BCUT2D eigenvalue weighted by molar-refractivity contribution is 6.09. The van der Waals surface area contributed by atoms with Gasteiger partial charge >= 0.3 is 0 Å². The van der Waals surface area contributed by atoms with Crippen LogP contribution in [0.1, 0.15) is 70.6 Å². The molecular weight excluding hydrogens is 665 g/mol. The molecule has 6 rings (SSSR count). The predicted octanol–water partition coefficient (Wildman–Crippen LogP) is 8.58. The zero-order chi connectivity index (χ0) is 37.3. The molecule has 0 aromatic heterocycles. The molecule has 0 radical (unpaired) electrons. The Hall–Kier alpha value is -7.00. The van der Waals surface area contributed by atoms with Crippen molar-refractivity contribution in [2.45, 2.75) is 19.8 Å². The van der Waals surface area contributed by atoms with E-state index in [-0.39, 0.29) is 28.6 Å². The van der Waals surface area contributed by atoms with Gasteiger partial charge in [0.1, 0.15) is 5.75 Å². The van der Waals surface area contributed by atoms with E-state index in [4.69, 9.17) is 0 Å². The largest absolute Gasteiger partial charge is 0.508 e. The van der Waals surface area contributed by atoms with Crippen LogP contribution in [0.5, 0.6) is 5.75 Å². The highest BCUT2D eigenvalue weighted by atomic mass is 16.3. The zero-order valence-electron chi connectivity index (χ0n) is 29.3. The van der Waals surface area contributed by atoms with Gasteiger partial charge in [-0.1, -0.05) is 60.7 Å². The highest BCUT2D eigenvalue weighted by Crippen LogP contribution is 2.22. The Balaban J connectivity index is 1.02. The molecule has 0 aliphatic rings. The van der Waals surface area contributed by atoms with E-state index in [2.05, 4.69) is 33.4 Å². The molecule has 6 aromatic rings. The van der Waals surface area contributed by atoms with Gasteiger partial charge in [-0.3, -0.25) is 19.2 Å². The molecule has 3 amide bonds. The molecule has 6 aromatic carbocycles.